The predicted molar refractivity (Wildman–Crippen MR) is 75.6 cm³/mol. The first-order valence-electron chi connectivity index (χ1n) is 7.72. The molecule has 1 aromatic rings. The van der Waals surface area contributed by atoms with Gasteiger partial charge in [0, 0.05) is 12.6 Å². The number of nitrogens with one attached hydrogen (secondary N) is 1. The van der Waals surface area contributed by atoms with Gasteiger partial charge in [-0.25, -0.2) is 0 Å². The summed E-state index contributed by atoms with van der Waals surface area (Å²) in [6.07, 6.45) is 5.82. The molecule has 2 nitrogen and oxygen atoms in total. The van der Waals surface area contributed by atoms with Gasteiger partial charge in [-0.2, -0.15) is 0 Å². The van der Waals surface area contributed by atoms with Gasteiger partial charge in [-0.1, -0.05) is 30.3 Å². The fourth-order valence-electron chi connectivity index (χ4n) is 5.15. The zero-order chi connectivity index (χ0) is 12.9. The lowest BCUT2D eigenvalue weighted by molar-refractivity contribution is -0.138. The smallest absolute Gasteiger partial charge is 0.0657 e. The van der Waals surface area contributed by atoms with Gasteiger partial charge in [0.25, 0.3) is 0 Å². The van der Waals surface area contributed by atoms with Crippen LogP contribution in [0, 0.1) is 17.8 Å². The Kier molecular flexibility index (Phi) is 2.71. The van der Waals surface area contributed by atoms with E-state index in [9.17, 15) is 5.11 Å². The van der Waals surface area contributed by atoms with Crippen LogP contribution in [-0.2, 0) is 6.54 Å². The monoisotopic (exact) mass is 257 g/mol. The van der Waals surface area contributed by atoms with Crippen molar-refractivity contribution in [2.75, 3.05) is 0 Å². The van der Waals surface area contributed by atoms with E-state index in [1.165, 1.54) is 18.4 Å². The summed E-state index contributed by atoms with van der Waals surface area (Å²) >= 11 is 0. The highest BCUT2D eigenvalue weighted by Crippen LogP contribution is 2.55. The number of rotatable bonds is 3. The molecule has 2 heteroatoms. The van der Waals surface area contributed by atoms with E-state index in [2.05, 4.69) is 35.6 Å². The molecule has 0 heterocycles. The molecular weight excluding hydrogens is 234 g/mol. The Labute approximate surface area is 115 Å². The third-order valence-corrected chi connectivity index (χ3v) is 5.63. The molecule has 4 bridgehead atoms. The van der Waals surface area contributed by atoms with Crippen LogP contribution in [0.4, 0.5) is 0 Å². The van der Waals surface area contributed by atoms with Crippen LogP contribution in [0.5, 0.6) is 0 Å². The largest absolute Gasteiger partial charge is 0.390 e. The second-order valence-corrected chi connectivity index (χ2v) is 7.09. The summed E-state index contributed by atoms with van der Waals surface area (Å²) in [7, 11) is 0. The van der Waals surface area contributed by atoms with Crippen molar-refractivity contribution in [3.63, 3.8) is 0 Å². The molecule has 2 N–H and O–H groups in total. The lowest BCUT2D eigenvalue weighted by Crippen LogP contribution is -2.60. The average Bonchev–Trinajstić information content (AvgIpc) is 2.37. The van der Waals surface area contributed by atoms with Gasteiger partial charge in [0.1, 0.15) is 0 Å². The summed E-state index contributed by atoms with van der Waals surface area (Å²) in [6.45, 7) is 0.974. The van der Waals surface area contributed by atoms with Crippen LogP contribution >= 0.6 is 0 Å². The Bertz CT molecular complexity index is 442. The third kappa shape index (κ3) is 2.11. The highest BCUT2D eigenvalue weighted by atomic mass is 16.3. The molecule has 0 aliphatic heterocycles. The van der Waals surface area contributed by atoms with E-state index in [0.29, 0.717) is 17.9 Å². The van der Waals surface area contributed by atoms with E-state index in [0.717, 1.165) is 31.7 Å². The van der Waals surface area contributed by atoms with E-state index in [-0.39, 0.29) is 5.60 Å². The predicted octanol–water partition coefficient (Wildman–Crippen LogP) is 2.72. The van der Waals surface area contributed by atoms with Crippen molar-refractivity contribution < 1.29 is 5.11 Å². The lowest BCUT2D eigenvalue weighted by Gasteiger charge is -2.58. The minimum atomic E-state index is -0.304. The Morgan fingerprint density at radius 1 is 1.05 bits per heavy atom. The van der Waals surface area contributed by atoms with Crippen LogP contribution in [0.15, 0.2) is 30.3 Å². The molecule has 0 spiro atoms. The van der Waals surface area contributed by atoms with Crippen molar-refractivity contribution in [3.8, 4) is 0 Å². The number of aliphatic hydroxyl groups is 1. The Balaban J connectivity index is 1.45. The van der Waals surface area contributed by atoms with E-state index in [1.54, 1.807) is 0 Å². The van der Waals surface area contributed by atoms with Gasteiger partial charge >= 0.3 is 0 Å². The Hall–Kier alpha value is -0.860. The van der Waals surface area contributed by atoms with E-state index in [1.807, 2.05) is 0 Å². The molecule has 2 atom stereocenters. The summed E-state index contributed by atoms with van der Waals surface area (Å²) in [6, 6.07) is 11.3. The van der Waals surface area contributed by atoms with Crippen LogP contribution in [-0.4, -0.2) is 16.7 Å². The van der Waals surface area contributed by atoms with Gasteiger partial charge in [-0.3, -0.25) is 0 Å². The summed E-state index contributed by atoms with van der Waals surface area (Å²) in [4.78, 5) is 0. The average molecular weight is 257 g/mol. The molecule has 4 fully saturated rings. The van der Waals surface area contributed by atoms with Gasteiger partial charge < -0.3 is 10.4 Å². The molecule has 4 saturated carbocycles. The molecule has 0 saturated heterocycles. The minimum absolute atomic E-state index is 0.304. The molecule has 0 aromatic heterocycles. The van der Waals surface area contributed by atoms with Crippen molar-refractivity contribution in [2.45, 2.75) is 50.3 Å². The highest BCUT2D eigenvalue weighted by Gasteiger charge is 2.54. The summed E-state index contributed by atoms with van der Waals surface area (Å²) in [5.41, 5.74) is 1.07. The van der Waals surface area contributed by atoms with E-state index < -0.39 is 0 Å². The Morgan fingerprint density at radius 2 is 1.74 bits per heavy atom. The number of hydrogen-bond donors (Lipinski definition) is 2. The molecule has 5 rings (SSSR count). The quantitative estimate of drug-likeness (QED) is 0.872. The molecular formula is C17H23NO. The summed E-state index contributed by atoms with van der Waals surface area (Å²) < 4.78 is 0. The third-order valence-electron chi connectivity index (χ3n) is 5.63. The fourth-order valence-corrected chi connectivity index (χ4v) is 5.15. The van der Waals surface area contributed by atoms with Crippen LogP contribution in [0.25, 0.3) is 0 Å². The number of hydrogen-bond acceptors (Lipinski definition) is 2. The molecule has 19 heavy (non-hydrogen) atoms. The fraction of sp³-hybridized carbons (Fsp3) is 0.647. The lowest BCUT2D eigenvalue weighted by atomic mass is 9.52. The van der Waals surface area contributed by atoms with E-state index in [4.69, 9.17) is 0 Å². The van der Waals surface area contributed by atoms with Crippen molar-refractivity contribution in [2.24, 2.45) is 17.8 Å². The van der Waals surface area contributed by atoms with Crippen molar-refractivity contribution in [3.05, 3.63) is 35.9 Å². The first-order valence-corrected chi connectivity index (χ1v) is 7.72. The first-order chi connectivity index (χ1) is 9.22. The van der Waals surface area contributed by atoms with Crippen LogP contribution < -0.4 is 5.32 Å². The maximum Gasteiger partial charge on any atom is 0.0657 e. The van der Waals surface area contributed by atoms with Crippen LogP contribution in [0.2, 0.25) is 0 Å². The minimum Gasteiger partial charge on any atom is -0.390 e. The van der Waals surface area contributed by atoms with Gasteiger partial charge in [-0.05, 0) is 55.4 Å². The molecule has 4 aliphatic rings. The maximum absolute atomic E-state index is 10.6. The summed E-state index contributed by atoms with van der Waals surface area (Å²) in [5.74, 6) is 2.22. The Morgan fingerprint density at radius 3 is 2.37 bits per heavy atom. The van der Waals surface area contributed by atoms with E-state index >= 15 is 0 Å². The first kappa shape index (κ1) is 11.9. The maximum atomic E-state index is 10.6. The molecule has 0 radical (unpaired) electrons. The highest BCUT2D eigenvalue weighted by molar-refractivity contribution is 5.15. The van der Waals surface area contributed by atoms with Gasteiger partial charge in [-0.15, -0.1) is 0 Å². The standard InChI is InChI=1S/C17H23NO/c19-17-8-13-6-14(9-17)16(15(7-13)10-17)18-11-12-4-2-1-3-5-12/h1-5,13-16,18-19H,6-11H2/t13?,14-,15-,16?,17?/m0/s1. The van der Waals surface area contributed by atoms with Gasteiger partial charge in [0.2, 0.25) is 0 Å². The molecule has 0 unspecified atom stereocenters. The van der Waals surface area contributed by atoms with Gasteiger partial charge in [0.05, 0.1) is 5.60 Å². The zero-order valence-electron chi connectivity index (χ0n) is 11.4. The molecule has 102 valence electrons. The van der Waals surface area contributed by atoms with Crippen LogP contribution in [0.1, 0.15) is 37.7 Å². The van der Waals surface area contributed by atoms with Crippen molar-refractivity contribution in [1.29, 1.82) is 0 Å². The SMILES string of the molecule is OC12CC3C[C@@H](C1)C(NCc1ccccc1)[C@@H](C3)C2. The van der Waals surface area contributed by atoms with Crippen molar-refractivity contribution >= 4 is 0 Å². The topological polar surface area (TPSA) is 32.3 Å². The van der Waals surface area contributed by atoms with Crippen LogP contribution in [0.3, 0.4) is 0 Å². The van der Waals surface area contributed by atoms with Crippen molar-refractivity contribution in [1.82, 2.24) is 5.32 Å². The normalized spacial score (nSPS) is 43.6. The molecule has 1 aromatic carbocycles. The summed E-state index contributed by atoms with van der Waals surface area (Å²) in [5, 5.41) is 14.4. The second-order valence-electron chi connectivity index (χ2n) is 7.09. The van der Waals surface area contributed by atoms with Gasteiger partial charge in [0.15, 0.2) is 0 Å². The zero-order valence-corrected chi connectivity index (χ0v) is 11.4. The number of benzene rings is 1. The molecule has 4 aliphatic carbocycles. The second kappa shape index (κ2) is 4.32. The molecule has 0 amide bonds.